The number of nitrogens with one attached hydrogen (secondary N) is 2. The summed E-state index contributed by atoms with van der Waals surface area (Å²) in [7, 11) is 0. The van der Waals surface area contributed by atoms with Crippen LogP contribution >= 0.6 is 0 Å². The van der Waals surface area contributed by atoms with Gasteiger partial charge in [-0.1, -0.05) is 18.2 Å². The Morgan fingerprint density at radius 2 is 2.00 bits per heavy atom. The molecule has 0 atom stereocenters. The Balaban J connectivity index is 2.25. The molecule has 0 aliphatic rings. The molecule has 0 aliphatic heterocycles. The van der Waals surface area contributed by atoms with E-state index in [1.807, 2.05) is 51.1 Å². The average Bonchev–Trinajstić information content (AvgIpc) is 2.42. The van der Waals surface area contributed by atoms with Gasteiger partial charge in [0.15, 0.2) is 5.69 Å². The second-order valence-electron chi connectivity index (χ2n) is 5.70. The SMILES string of the molecule is CC(C)(C)NC(=O)CNc1c(C#N)nnc2ccccc12. The van der Waals surface area contributed by atoms with Gasteiger partial charge < -0.3 is 10.6 Å². The summed E-state index contributed by atoms with van der Waals surface area (Å²) in [6.45, 7) is 5.81. The quantitative estimate of drug-likeness (QED) is 0.896. The zero-order valence-electron chi connectivity index (χ0n) is 12.3. The molecule has 21 heavy (non-hydrogen) atoms. The number of hydrogen-bond acceptors (Lipinski definition) is 5. The van der Waals surface area contributed by atoms with Gasteiger partial charge in [0.05, 0.1) is 17.7 Å². The van der Waals surface area contributed by atoms with Crippen LogP contribution in [0.4, 0.5) is 5.69 Å². The van der Waals surface area contributed by atoms with Crippen molar-refractivity contribution in [3.8, 4) is 6.07 Å². The maximum absolute atomic E-state index is 11.9. The summed E-state index contributed by atoms with van der Waals surface area (Å²) in [5.74, 6) is -0.146. The van der Waals surface area contributed by atoms with Crippen molar-refractivity contribution >= 4 is 22.5 Å². The molecule has 0 saturated carbocycles. The van der Waals surface area contributed by atoms with Crippen LogP contribution in [0, 0.1) is 11.3 Å². The lowest BCUT2D eigenvalue weighted by Crippen LogP contribution is -2.43. The van der Waals surface area contributed by atoms with Gasteiger partial charge in [0.1, 0.15) is 6.07 Å². The standard InChI is InChI=1S/C15H17N5O/c1-15(2,3)18-13(21)9-17-14-10-6-4-5-7-11(10)19-20-12(14)8-16/h4-7H,9H2,1-3H3,(H,17,19)(H,18,21). The Bertz CT molecular complexity index is 712. The number of aromatic nitrogens is 2. The Morgan fingerprint density at radius 3 is 2.67 bits per heavy atom. The van der Waals surface area contributed by atoms with Gasteiger partial charge in [0.25, 0.3) is 0 Å². The van der Waals surface area contributed by atoms with E-state index < -0.39 is 0 Å². The van der Waals surface area contributed by atoms with Crippen LogP contribution < -0.4 is 10.6 Å². The van der Waals surface area contributed by atoms with Crippen molar-refractivity contribution in [2.45, 2.75) is 26.3 Å². The van der Waals surface area contributed by atoms with E-state index in [-0.39, 0.29) is 23.7 Å². The molecule has 2 rings (SSSR count). The third-order valence-corrected chi connectivity index (χ3v) is 2.71. The summed E-state index contributed by atoms with van der Waals surface area (Å²) >= 11 is 0. The highest BCUT2D eigenvalue weighted by Gasteiger charge is 2.15. The first kappa shape index (κ1) is 14.7. The summed E-state index contributed by atoms with van der Waals surface area (Å²) < 4.78 is 0. The van der Waals surface area contributed by atoms with Crippen LogP contribution in [0.5, 0.6) is 0 Å². The number of carbonyl (C=O) groups excluding carboxylic acids is 1. The number of amides is 1. The minimum Gasteiger partial charge on any atom is -0.373 e. The predicted octanol–water partition coefficient (Wildman–Crippen LogP) is 1.83. The molecule has 6 nitrogen and oxygen atoms in total. The molecule has 2 aromatic rings. The van der Waals surface area contributed by atoms with Gasteiger partial charge in [-0.15, -0.1) is 10.2 Å². The van der Waals surface area contributed by atoms with Crippen LogP contribution in [-0.2, 0) is 4.79 Å². The van der Waals surface area contributed by atoms with Gasteiger partial charge in [-0.25, -0.2) is 0 Å². The van der Waals surface area contributed by atoms with Crippen molar-refractivity contribution in [2.24, 2.45) is 0 Å². The van der Waals surface area contributed by atoms with E-state index in [0.29, 0.717) is 11.2 Å². The minimum absolute atomic E-state index is 0.0711. The van der Waals surface area contributed by atoms with E-state index in [1.165, 1.54) is 0 Å². The van der Waals surface area contributed by atoms with E-state index in [0.717, 1.165) is 5.39 Å². The Morgan fingerprint density at radius 1 is 1.29 bits per heavy atom. The van der Waals surface area contributed by atoms with Crippen molar-refractivity contribution < 1.29 is 4.79 Å². The monoisotopic (exact) mass is 283 g/mol. The fraction of sp³-hybridized carbons (Fsp3) is 0.333. The van der Waals surface area contributed by atoms with Crippen molar-refractivity contribution in [1.82, 2.24) is 15.5 Å². The lowest BCUT2D eigenvalue weighted by atomic mass is 10.1. The van der Waals surface area contributed by atoms with Crippen molar-refractivity contribution in [3.63, 3.8) is 0 Å². The number of hydrogen-bond donors (Lipinski definition) is 2. The third-order valence-electron chi connectivity index (χ3n) is 2.71. The number of carbonyl (C=O) groups is 1. The van der Waals surface area contributed by atoms with Crippen LogP contribution in [0.2, 0.25) is 0 Å². The molecular weight excluding hydrogens is 266 g/mol. The van der Waals surface area contributed by atoms with Crippen molar-refractivity contribution in [1.29, 1.82) is 5.26 Å². The third kappa shape index (κ3) is 3.66. The van der Waals surface area contributed by atoms with Crippen LogP contribution in [0.25, 0.3) is 10.9 Å². The number of nitrogens with zero attached hydrogens (tertiary/aromatic N) is 3. The number of anilines is 1. The molecule has 0 radical (unpaired) electrons. The first-order valence-corrected chi connectivity index (χ1v) is 6.61. The molecule has 0 saturated heterocycles. The summed E-state index contributed by atoms with van der Waals surface area (Å²) in [6, 6.07) is 9.34. The van der Waals surface area contributed by atoms with Gasteiger partial charge in [-0.05, 0) is 26.8 Å². The van der Waals surface area contributed by atoms with Gasteiger partial charge in [0.2, 0.25) is 5.91 Å². The molecule has 2 N–H and O–H groups in total. The molecule has 1 amide bonds. The second-order valence-corrected chi connectivity index (χ2v) is 5.70. The van der Waals surface area contributed by atoms with Gasteiger partial charge in [-0.3, -0.25) is 4.79 Å². The molecule has 6 heteroatoms. The van der Waals surface area contributed by atoms with E-state index >= 15 is 0 Å². The Hall–Kier alpha value is -2.68. The predicted molar refractivity (Wildman–Crippen MR) is 80.6 cm³/mol. The normalized spacial score (nSPS) is 11.0. The van der Waals surface area contributed by atoms with E-state index in [1.54, 1.807) is 0 Å². The highest BCUT2D eigenvalue weighted by atomic mass is 16.2. The number of benzene rings is 1. The summed E-state index contributed by atoms with van der Waals surface area (Å²) in [4.78, 5) is 11.9. The fourth-order valence-electron chi connectivity index (χ4n) is 1.94. The highest BCUT2D eigenvalue weighted by Crippen LogP contribution is 2.23. The summed E-state index contributed by atoms with van der Waals surface area (Å²) in [5.41, 5.74) is 1.09. The molecule has 108 valence electrons. The van der Waals surface area contributed by atoms with Crippen LogP contribution in [0.15, 0.2) is 24.3 Å². The van der Waals surface area contributed by atoms with Crippen molar-refractivity contribution in [3.05, 3.63) is 30.0 Å². The maximum atomic E-state index is 11.9. The molecule has 0 fully saturated rings. The average molecular weight is 283 g/mol. The summed E-state index contributed by atoms with van der Waals surface area (Å²) in [6.07, 6.45) is 0. The summed E-state index contributed by atoms with van der Waals surface area (Å²) in [5, 5.41) is 23.6. The molecule has 0 unspecified atom stereocenters. The molecular formula is C15H17N5O. The number of fused-ring (bicyclic) bond motifs is 1. The number of nitriles is 1. The van der Waals surface area contributed by atoms with Crippen LogP contribution in [0.1, 0.15) is 26.5 Å². The Labute approximate surface area is 123 Å². The first-order valence-electron chi connectivity index (χ1n) is 6.61. The van der Waals surface area contributed by atoms with E-state index in [4.69, 9.17) is 5.26 Å². The van der Waals surface area contributed by atoms with E-state index in [2.05, 4.69) is 20.8 Å². The first-order chi connectivity index (χ1) is 9.90. The largest absolute Gasteiger partial charge is 0.373 e. The van der Waals surface area contributed by atoms with Gasteiger partial charge >= 0.3 is 0 Å². The topological polar surface area (TPSA) is 90.7 Å². The lowest BCUT2D eigenvalue weighted by Gasteiger charge is -2.21. The smallest absolute Gasteiger partial charge is 0.239 e. The molecule has 1 aromatic carbocycles. The van der Waals surface area contributed by atoms with Gasteiger partial charge in [0, 0.05) is 10.9 Å². The molecule has 0 bridgehead atoms. The zero-order chi connectivity index (χ0) is 15.5. The molecule has 1 aromatic heterocycles. The fourth-order valence-corrected chi connectivity index (χ4v) is 1.94. The van der Waals surface area contributed by atoms with Crippen molar-refractivity contribution in [2.75, 3.05) is 11.9 Å². The zero-order valence-corrected chi connectivity index (χ0v) is 12.3. The second kappa shape index (κ2) is 5.75. The minimum atomic E-state index is -0.296. The molecule has 0 spiro atoms. The number of rotatable bonds is 3. The van der Waals surface area contributed by atoms with Crippen LogP contribution in [-0.4, -0.2) is 28.2 Å². The lowest BCUT2D eigenvalue weighted by molar-refractivity contribution is -0.120. The Kier molecular flexibility index (Phi) is 4.03. The van der Waals surface area contributed by atoms with Crippen LogP contribution in [0.3, 0.4) is 0 Å². The molecule has 1 heterocycles. The highest BCUT2D eigenvalue weighted by molar-refractivity contribution is 5.94. The molecule has 0 aliphatic carbocycles. The van der Waals surface area contributed by atoms with Gasteiger partial charge in [-0.2, -0.15) is 5.26 Å². The van der Waals surface area contributed by atoms with E-state index in [9.17, 15) is 4.79 Å². The maximum Gasteiger partial charge on any atom is 0.239 e.